The van der Waals surface area contributed by atoms with Crippen molar-refractivity contribution in [2.24, 2.45) is 0 Å². The molecule has 1 aromatic carbocycles. The van der Waals surface area contributed by atoms with Gasteiger partial charge in [0.2, 0.25) is 5.88 Å². The fraction of sp³-hybridized carbons (Fsp3) is 0.143. The molecular weight excluding hydrogens is 306 g/mol. The van der Waals surface area contributed by atoms with E-state index in [1.54, 1.807) is 18.2 Å². The van der Waals surface area contributed by atoms with Crippen LogP contribution in [0.2, 0.25) is 0 Å². The second kappa shape index (κ2) is 7.07. The lowest BCUT2D eigenvalue weighted by Crippen LogP contribution is -2.19. The average Bonchev–Trinajstić information content (AvgIpc) is 2.54. The summed E-state index contributed by atoms with van der Waals surface area (Å²) in [6, 6.07) is 7.54. The molecule has 2 N–H and O–H groups in total. The first-order valence-electron chi connectivity index (χ1n) is 6.41. The maximum atomic E-state index is 10.6. The van der Waals surface area contributed by atoms with E-state index in [0.29, 0.717) is 17.1 Å². The van der Waals surface area contributed by atoms with E-state index in [0.717, 1.165) is 6.20 Å². The number of methoxy groups -OCH3 is 1. The highest BCUT2D eigenvalue weighted by molar-refractivity contribution is 5.64. The standard InChI is InChI=1S/C14H13N3O6/c1-22-12-6-9(7-16-14(18)19)2-4-11(12)23-13-5-3-10(8-15-13)17(20)21/h2-6,8,16H,7H2,1H3,(H,18,19). The van der Waals surface area contributed by atoms with E-state index in [2.05, 4.69) is 10.3 Å². The van der Waals surface area contributed by atoms with E-state index in [1.165, 1.54) is 19.2 Å². The Bertz CT molecular complexity index is 717. The summed E-state index contributed by atoms with van der Waals surface area (Å²) in [6.45, 7) is 0.127. The lowest BCUT2D eigenvalue weighted by molar-refractivity contribution is -0.385. The Kier molecular flexibility index (Phi) is 4.92. The first-order valence-corrected chi connectivity index (χ1v) is 6.41. The van der Waals surface area contributed by atoms with Crippen LogP contribution in [0.4, 0.5) is 10.5 Å². The SMILES string of the molecule is COc1cc(CNC(=O)O)ccc1Oc1ccc([N+](=O)[O-])cn1. The smallest absolute Gasteiger partial charge is 0.404 e. The Morgan fingerprint density at radius 2 is 2.13 bits per heavy atom. The third kappa shape index (κ3) is 4.30. The number of benzene rings is 1. The van der Waals surface area contributed by atoms with E-state index >= 15 is 0 Å². The molecule has 2 aromatic rings. The number of amides is 1. The van der Waals surface area contributed by atoms with Crippen molar-refractivity contribution in [3.05, 3.63) is 52.2 Å². The van der Waals surface area contributed by atoms with Crippen LogP contribution in [0.5, 0.6) is 17.4 Å². The fourth-order valence-corrected chi connectivity index (χ4v) is 1.74. The highest BCUT2D eigenvalue weighted by atomic mass is 16.6. The largest absolute Gasteiger partial charge is 0.493 e. The molecule has 2 rings (SSSR count). The number of aromatic nitrogens is 1. The van der Waals surface area contributed by atoms with Gasteiger partial charge in [-0.2, -0.15) is 0 Å². The number of nitrogens with zero attached hydrogens (tertiary/aromatic N) is 2. The van der Waals surface area contributed by atoms with Crippen LogP contribution in [0.15, 0.2) is 36.5 Å². The van der Waals surface area contributed by atoms with E-state index in [-0.39, 0.29) is 18.1 Å². The molecule has 0 saturated carbocycles. The van der Waals surface area contributed by atoms with Crippen molar-refractivity contribution in [3.63, 3.8) is 0 Å². The molecule has 0 aliphatic rings. The zero-order chi connectivity index (χ0) is 16.8. The molecule has 9 nitrogen and oxygen atoms in total. The van der Waals surface area contributed by atoms with Crippen molar-refractivity contribution in [1.29, 1.82) is 0 Å². The quantitative estimate of drug-likeness (QED) is 0.619. The molecule has 0 atom stereocenters. The second-order valence-corrected chi connectivity index (χ2v) is 4.36. The average molecular weight is 319 g/mol. The molecule has 9 heteroatoms. The summed E-state index contributed by atoms with van der Waals surface area (Å²) in [5, 5.41) is 21.4. The van der Waals surface area contributed by atoms with Gasteiger partial charge < -0.3 is 19.9 Å². The first-order chi connectivity index (χ1) is 11.0. The Hall–Kier alpha value is -3.36. The van der Waals surface area contributed by atoms with Crippen molar-refractivity contribution in [3.8, 4) is 17.4 Å². The number of carboxylic acid groups (broad SMARTS) is 1. The van der Waals surface area contributed by atoms with E-state index in [1.807, 2.05) is 0 Å². The summed E-state index contributed by atoms with van der Waals surface area (Å²) in [5.41, 5.74) is 0.549. The van der Waals surface area contributed by atoms with Crippen LogP contribution in [0.25, 0.3) is 0 Å². The molecule has 23 heavy (non-hydrogen) atoms. The van der Waals surface area contributed by atoms with Crippen LogP contribution in [0.1, 0.15) is 5.56 Å². The Balaban J connectivity index is 2.15. The van der Waals surface area contributed by atoms with Gasteiger partial charge in [-0.1, -0.05) is 6.07 Å². The van der Waals surface area contributed by atoms with Gasteiger partial charge in [-0.05, 0) is 17.7 Å². The van der Waals surface area contributed by atoms with Crippen molar-refractivity contribution < 1.29 is 24.3 Å². The summed E-state index contributed by atoms with van der Waals surface area (Å²) in [6.07, 6.45) is -0.0353. The molecule has 0 aliphatic heterocycles. The third-order valence-electron chi connectivity index (χ3n) is 2.82. The Labute approximate surface area is 130 Å². The second-order valence-electron chi connectivity index (χ2n) is 4.36. The zero-order valence-electron chi connectivity index (χ0n) is 12.1. The molecule has 1 heterocycles. The van der Waals surface area contributed by atoms with Gasteiger partial charge in [-0.25, -0.2) is 9.78 Å². The summed E-state index contributed by atoms with van der Waals surface area (Å²) < 4.78 is 10.7. The van der Waals surface area contributed by atoms with Gasteiger partial charge in [0.15, 0.2) is 11.5 Å². The molecule has 120 valence electrons. The number of carbonyl (C=O) groups is 1. The molecule has 0 saturated heterocycles. The van der Waals surface area contributed by atoms with Gasteiger partial charge in [-0.15, -0.1) is 0 Å². The molecule has 0 bridgehead atoms. The Morgan fingerprint density at radius 3 is 2.70 bits per heavy atom. The lowest BCUT2D eigenvalue weighted by atomic mass is 10.2. The number of hydrogen-bond acceptors (Lipinski definition) is 6. The highest BCUT2D eigenvalue weighted by Gasteiger charge is 2.10. The van der Waals surface area contributed by atoms with Gasteiger partial charge in [0.25, 0.3) is 5.69 Å². The van der Waals surface area contributed by atoms with Crippen molar-refractivity contribution >= 4 is 11.8 Å². The number of rotatable bonds is 6. The highest BCUT2D eigenvalue weighted by Crippen LogP contribution is 2.31. The topological polar surface area (TPSA) is 124 Å². The van der Waals surface area contributed by atoms with Gasteiger partial charge in [-0.3, -0.25) is 10.1 Å². The number of nitro groups is 1. The van der Waals surface area contributed by atoms with Crippen LogP contribution in [-0.4, -0.2) is 28.2 Å². The van der Waals surface area contributed by atoms with Crippen molar-refractivity contribution in [2.45, 2.75) is 6.54 Å². The molecule has 0 radical (unpaired) electrons. The van der Waals surface area contributed by atoms with Crippen LogP contribution in [-0.2, 0) is 6.54 Å². The maximum absolute atomic E-state index is 10.6. The monoisotopic (exact) mass is 319 g/mol. The normalized spacial score (nSPS) is 9.96. The summed E-state index contributed by atoms with van der Waals surface area (Å²) in [4.78, 5) is 24.4. The molecular formula is C14H13N3O6. The number of hydrogen-bond donors (Lipinski definition) is 2. The van der Waals surface area contributed by atoms with E-state index < -0.39 is 11.0 Å². The predicted molar refractivity (Wildman–Crippen MR) is 78.8 cm³/mol. The molecule has 1 amide bonds. The zero-order valence-corrected chi connectivity index (χ0v) is 12.1. The van der Waals surface area contributed by atoms with Gasteiger partial charge >= 0.3 is 6.09 Å². The van der Waals surface area contributed by atoms with Crippen LogP contribution < -0.4 is 14.8 Å². The van der Waals surface area contributed by atoms with Crippen LogP contribution in [0, 0.1) is 10.1 Å². The van der Waals surface area contributed by atoms with E-state index in [4.69, 9.17) is 14.6 Å². The lowest BCUT2D eigenvalue weighted by Gasteiger charge is -2.11. The van der Waals surface area contributed by atoms with E-state index in [9.17, 15) is 14.9 Å². The number of nitrogens with one attached hydrogen (secondary N) is 1. The van der Waals surface area contributed by atoms with Crippen molar-refractivity contribution in [2.75, 3.05) is 7.11 Å². The minimum Gasteiger partial charge on any atom is -0.493 e. The summed E-state index contributed by atoms with van der Waals surface area (Å²) in [7, 11) is 1.44. The van der Waals surface area contributed by atoms with Gasteiger partial charge in [0.05, 0.1) is 12.0 Å². The van der Waals surface area contributed by atoms with Crippen molar-refractivity contribution in [1.82, 2.24) is 10.3 Å². The number of ether oxygens (including phenoxy) is 2. The molecule has 0 spiro atoms. The number of pyridine rings is 1. The first kappa shape index (κ1) is 16.0. The van der Waals surface area contributed by atoms with Crippen LogP contribution in [0.3, 0.4) is 0 Å². The third-order valence-corrected chi connectivity index (χ3v) is 2.82. The molecule has 0 unspecified atom stereocenters. The maximum Gasteiger partial charge on any atom is 0.404 e. The minimum absolute atomic E-state index is 0.127. The molecule has 1 aromatic heterocycles. The summed E-state index contributed by atoms with van der Waals surface area (Å²) >= 11 is 0. The minimum atomic E-state index is -1.13. The van der Waals surface area contributed by atoms with Crippen LogP contribution >= 0.6 is 0 Å². The summed E-state index contributed by atoms with van der Waals surface area (Å²) in [5.74, 6) is 0.910. The Morgan fingerprint density at radius 1 is 1.35 bits per heavy atom. The molecule has 0 aliphatic carbocycles. The predicted octanol–water partition coefficient (Wildman–Crippen LogP) is 2.56. The molecule has 0 fully saturated rings. The van der Waals surface area contributed by atoms with Gasteiger partial charge in [0, 0.05) is 18.7 Å². The fourth-order valence-electron chi connectivity index (χ4n) is 1.74. The van der Waals surface area contributed by atoms with Gasteiger partial charge in [0.1, 0.15) is 6.20 Å².